The van der Waals surface area contributed by atoms with Crippen molar-refractivity contribution in [1.29, 1.82) is 0 Å². The number of rotatable bonds is 7. The molecule has 1 aliphatic heterocycles. The molecule has 2 rings (SSSR count). The molecule has 1 N–H and O–H groups in total. The highest BCUT2D eigenvalue weighted by atomic mass is 32.2. The van der Waals surface area contributed by atoms with E-state index in [1.54, 1.807) is 0 Å². The van der Waals surface area contributed by atoms with Crippen LogP contribution in [0.1, 0.15) is 38.1 Å². The van der Waals surface area contributed by atoms with E-state index < -0.39 is 28.5 Å². The molecule has 0 bridgehead atoms. The lowest BCUT2D eigenvalue weighted by Gasteiger charge is -2.34. The summed E-state index contributed by atoms with van der Waals surface area (Å²) in [5, 5.41) is 2.65. The van der Waals surface area contributed by atoms with Crippen LogP contribution in [-0.4, -0.2) is 63.0 Å². The van der Waals surface area contributed by atoms with Crippen LogP contribution in [0.15, 0.2) is 29.2 Å². The Balaban J connectivity index is 2.06. The molecule has 0 aromatic heterocycles. The average molecular weight is 413 g/mol. The summed E-state index contributed by atoms with van der Waals surface area (Å²) in [7, 11) is -3.77. The van der Waals surface area contributed by atoms with Crippen LogP contribution in [0, 0.1) is 5.92 Å². The fraction of sp³-hybridized carbons (Fsp3) is 0.579. The Morgan fingerprint density at radius 2 is 1.89 bits per heavy atom. The molecule has 28 heavy (non-hydrogen) atoms. The summed E-state index contributed by atoms with van der Waals surface area (Å²) in [5.41, 5.74) is 0.0760. The van der Waals surface area contributed by atoms with Gasteiger partial charge in [0.15, 0.2) is 6.61 Å². The zero-order chi connectivity index (χ0) is 20.9. The fourth-order valence-electron chi connectivity index (χ4n) is 2.84. The average Bonchev–Trinajstić information content (AvgIpc) is 2.63. The summed E-state index contributed by atoms with van der Waals surface area (Å²) in [5.74, 6) is -0.866. The van der Waals surface area contributed by atoms with Crippen molar-refractivity contribution in [3.05, 3.63) is 29.8 Å². The maximum absolute atomic E-state index is 12.9. The summed E-state index contributed by atoms with van der Waals surface area (Å²) in [4.78, 5) is 23.9. The number of hydrogen-bond donors (Lipinski definition) is 1. The lowest BCUT2D eigenvalue weighted by molar-refractivity contribution is -0.124. The van der Waals surface area contributed by atoms with Crippen molar-refractivity contribution >= 4 is 21.9 Å². The summed E-state index contributed by atoms with van der Waals surface area (Å²) < 4.78 is 37.8. The molecule has 0 saturated carbocycles. The van der Waals surface area contributed by atoms with Gasteiger partial charge in [-0.3, -0.25) is 4.79 Å². The third kappa shape index (κ3) is 6.02. The van der Waals surface area contributed by atoms with Crippen LogP contribution < -0.4 is 5.32 Å². The summed E-state index contributed by atoms with van der Waals surface area (Å²) in [6, 6.07) is 5.65. The lowest BCUT2D eigenvalue weighted by atomic mass is 10.2. The van der Waals surface area contributed by atoms with Crippen LogP contribution >= 0.6 is 0 Å². The van der Waals surface area contributed by atoms with Gasteiger partial charge in [0.05, 0.1) is 22.7 Å². The number of carbonyl (C=O) groups is 2. The quantitative estimate of drug-likeness (QED) is 0.680. The van der Waals surface area contributed by atoms with Gasteiger partial charge in [0.1, 0.15) is 0 Å². The minimum absolute atomic E-state index is 0.00695. The number of esters is 1. The number of nitrogens with one attached hydrogen (secondary N) is 1. The third-order valence-corrected chi connectivity index (χ3v) is 5.96. The van der Waals surface area contributed by atoms with E-state index in [1.807, 2.05) is 27.7 Å². The molecular weight excluding hydrogens is 384 g/mol. The fourth-order valence-corrected chi connectivity index (χ4v) is 4.48. The van der Waals surface area contributed by atoms with E-state index in [-0.39, 0.29) is 41.7 Å². The number of benzene rings is 1. The SMILES string of the molecule is CC(C)CNC(=O)COC(=O)c1cccc(S(=O)(=O)N2C[C@H](C)O[C@@H](C)C2)c1. The van der Waals surface area contributed by atoms with Crippen molar-refractivity contribution in [3.8, 4) is 0 Å². The van der Waals surface area contributed by atoms with E-state index in [0.29, 0.717) is 6.54 Å². The van der Waals surface area contributed by atoms with Crippen molar-refractivity contribution in [2.75, 3.05) is 26.2 Å². The molecule has 2 atom stereocenters. The van der Waals surface area contributed by atoms with Crippen LogP contribution in [0.5, 0.6) is 0 Å². The molecular formula is C19H28N2O6S. The van der Waals surface area contributed by atoms with Crippen molar-refractivity contribution in [2.45, 2.75) is 44.8 Å². The van der Waals surface area contributed by atoms with E-state index in [0.717, 1.165) is 0 Å². The van der Waals surface area contributed by atoms with Gasteiger partial charge in [-0.25, -0.2) is 13.2 Å². The zero-order valence-corrected chi connectivity index (χ0v) is 17.5. The van der Waals surface area contributed by atoms with Gasteiger partial charge in [-0.2, -0.15) is 4.31 Å². The second kappa shape index (κ2) is 9.49. The Morgan fingerprint density at radius 1 is 1.25 bits per heavy atom. The van der Waals surface area contributed by atoms with Crippen LogP contribution in [0.3, 0.4) is 0 Å². The molecule has 1 fully saturated rings. The molecule has 1 aromatic carbocycles. The van der Waals surface area contributed by atoms with Crippen molar-refractivity contribution in [3.63, 3.8) is 0 Å². The monoisotopic (exact) mass is 412 g/mol. The van der Waals surface area contributed by atoms with Gasteiger partial charge in [-0.15, -0.1) is 0 Å². The predicted octanol–water partition coefficient (Wildman–Crippen LogP) is 1.41. The number of hydrogen-bond acceptors (Lipinski definition) is 6. The minimum atomic E-state index is -3.77. The van der Waals surface area contributed by atoms with Gasteiger partial charge in [0.2, 0.25) is 10.0 Å². The first-order chi connectivity index (χ1) is 13.1. The van der Waals surface area contributed by atoms with Crippen LogP contribution in [0.4, 0.5) is 0 Å². The van der Waals surface area contributed by atoms with E-state index >= 15 is 0 Å². The molecule has 1 amide bonds. The second-order valence-electron chi connectivity index (χ2n) is 7.38. The highest BCUT2D eigenvalue weighted by molar-refractivity contribution is 7.89. The third-order valence-electron chi connectivity index (χ3n) is 4.14. The highest BCUT2D eigenvalue weighted by Gasteiger charge is 2.32. The van der Waals surface area contributed by atoms with Gasteiger partial charge in [-0.1, -0.05) is 19.9 Å². The first-order valence-corrected chi connectivity index (χ1v) is 10.7. The van der Waals surface area contributed by atoms with Gasteiger partial charge >= 0.3 is 5.97 Å². The molecule has 0 radical (unpaired) electrons. The number of amides is 1. The highest BCUT2D eigenvalue weighted by Crippen LogP contribution is 2.22. The van der Waals surface area contributed by atoms with Crippen molar-refractivity contribution in [1.82, 2.24) is 9.62 Å². The Morgan fingerprint density at radius 3 is 2.50 bits per heavy atom. The zero-order valence-electron chi connectivity index (χ0n) is 16.7. The predicted molar refractivity (Wildman–Crippen MR) is 103 cm³/mol. The normalized spacial score (nSPS) is 20.8. The van der Waals surface area contributed by atoms with Gasteiger partial charge in [0, 0.05) is 19.6 Å². The van der Waals surface area contributed by atoms with Gasteiger partial charge < -0.3 is 14.8 Å². The number of nitrogens with zero attached hydrogens (tertiary/aromatic N) is 1. The molecule has 1 aromatic rings. The van der Waals surface area contributed by atoms with Crippen LogP contribution in [0.25, 0.3) is 0 Å². The maximum Gasteiger partial charge on any atom is 0.338 e. The van der Waals surface area contributed by atoms with Crippen LogP contribution in [-0.2, 0) is 24.3 Å². The van der Waals surface area contributed by atoms with E-state index in [1.165, 1.54) is 28.6 Å². The smallest absolute Gasteiger partial charge is 0.338 e. The van der Waals surface area contributed by atoms with Crippen LogP contribution in [0.2, 0.25) is 0 Å². The Hall–Kier alpha value is -1.97. The number of morpholine rings is 1. The van der Waals surface area contributed by atoms with E-state index in [4.69, 9.17) is 9.47 Å². The molecule has 0 aliphatic carbocycles. The number of carbonyl (C=O) groups excluding carboxylic acids is 2. The molecule has 8 nitrogen and oxygen atoms in total. The molecule has 1 heterocycles. The minimum Gasteiger partial charge on any atom is -0.452 e. The second-order valence-corrected chi connectivity index (χ2v) is 9.32. The summed E-state index contributed by atoms with van der Waals surface area (Å²) >= 11 is 0. The Bertz CT molecular complexity index is 798. The topological polar surface area (TPSA) is 102 Å². The molecule has 156 valence electrons. The van der Waals surface area contributed by atoms with Gasteiger partial charge in [-0.05, 0) is 38.0 Å². The standard InChI is InChI=1S/C19H28N2O6S/c1-13(2)9-20-18(22)12-26-19(23)16-6-5-7-17(8-16)28(24,25)21-10-14(3)27-15(4)11-21/h5-8,13-15H,9-12H2,1-4H3,(H,20,22)/t14-,15-/m0/s1. The molecule has 9 heteroatoms. The van der Waals surface area contributed by atoms with Crippen molar-refractivity contribution < 1.29 is 27.5 Å². The van der Waals surface area contributed by atoms with E-state index in [9.17, 15) is 18.0 Å². The Labute approximate surface area is 166 Å². The molecule has 0 unspecified atom stereocenters. The molecule has 1 saturated heterocycles. The molecule has 0 spiro atoms. The largest absolute Gasteiger partial charge is 0.452 e. The number of sulfonamides is 1. The molecule has 1 aliphatic rings. The first-order valence-electron chi connectivity index (χ1n) is 9.29. The van der Waals surface area contributed by atoms with E-state index in [2.05, 4.69) is 5.32 Å². The maximum atomic E-state index is 12.9. The van der Waals surface area contributed by atoms with Crippen molar-refractivity contribution in [2.24, 2.45) is 5.92 Å². The first kappa shape index (κ1) is 22.3. The Kier molecular flexibility index (Phi) is 7.56. The summed E-state index contributed by atoms with van der Waals surface area (Å²) in [6.07, 6.45) is -0.424. The summed E-state index contributed by atoms with van der Waals surface area (Å²) in [6.45, 7) is 8.10. The number of ether oxygens (including phenoxy) is 2. The lowest BCUT2D eigenvalue weighted by Crippen LogP contribution is -2.48. The van der Waals surface area contributed by atoms with Gasteiger partial charge in [0.25, 0.3) is 5.91 Å².